The standard InChI is InChI=1S/C10H12N2.C2H6/c1-8-3-4-10-5-6-11-12(10)7-9(8)2;1-2/h3,5-7H,4H2,1-2H3;1-2H3. The molecule has 0 fully saturated rings. The summed E-state index contributed by atoms with van der Waals surface area (Å²) in [5.74, 6) is 0. The molecule has 76 valence electrons. The van der Waals surface area contributed by atoms with Gasteiger partial charge >= 0.3 is 0 Å². The zero-order chi connectivity index (χ0) is 10.6. The summed E-state index contributed by atoms with van der Waals surface area (Å²) in [6.07, 6.45) is 7.15. The molecule has 0 spiro atoms. The third kappa shape index (κ3) is 2.13. The molecule has 0 aliphatic carbocycles. The molecule has 14 heavy (non-hydrogen) atoms. The van der Waals surface area contributed by atoms with Crippen LogP contribution in [0.25, 0.3) is 6.20 Å². The summed E-state index contributed by atoms with van der Waals surface area (Å²) >= 11 is 0. The lowest BCUT2D eigenvalue weighted by Crippen LogP contribution is -1.93. The van der Waals surface area contributed by atoms with Crippen LogP contribution in [0.5, 0.6) is 0 Å². The maximum absolute atomic E-state index is 4.21. The SMILES string of the molecule is CC.CC1=CCc2ccnn2C=C1C. The fourth-order valence-electron chi connectivity index (χ4n) is 1.32. The van der Waals surface area contributed by atoms with Gasteiger partial charge in [0.25, 0.3) is 0 Å². The van der Waals surface area contributed by atoms with E-state index in [1.807, 2.05) is 24.7 Å². The Kier molecular flexibility index (Phi) is 3.69. The van der Waals surface area contributed by atoms with Crippen LogP contribution < -0.4 is 0 Å². The molecule has 0 radical (unpaired) electrons. The maximum Gasteiger partial charge on any atom is 0.0496 e. The average Bonchev–Trinajstić information content (AvgIpc) is 2.60. The van der Waals surface area contributed by atoms with Crippen LogP contribution in [-0.4, -0.2) is 9.78 Å². The normalized spacial score (nSPS) is 14.3. The molecule has 2 heteroatoms. The largest absolute Gasteiger partial charge is 0.245 e. The van der Waals surface area contributed by atoms with E-state index in [0.29, 0.717) is 0 Å². The molecule has 0 saturated heterocycles. The molecular weight excluding hydrogens is 172 g/mol. The van der Waals surface area contributed by atoms with E-state index >= 15 is 0 Å². The highest BCUT2D eigenvalue weighted by molar-refractivity contribution is 5.45. The first-order valence-electron chi connectivity index (χ1n) is 5.15. The fourth-order valence-corrected chi connectivity index (χ4v) is 1.32. The van der Waals surface area contributed by atoms with E-state index in [2.05, 4.69) is 37.3 Å². The van der Waals surface area contributed by atoms with Crippen molar-refractivity contribution in [3.05, 3.63) is 35.2 Å². The molecule has 1 aromatic rings. The van der Waals surface area contributed by atoms with Crippen LogP contribution in [-0.2, 0) is 6.42 Å². The van der Waals surface area contributed by atoms with Gasteiger partial charge in [-0.15, -0.1) is 0 Å². The van der Waals surface area contributed by atoms with Gasteiger partial charge in [0.1, 0.15) is 0 Å². The van der Waals surface area contributed by atoms with E-state index in [0.717, 1.165) is 6.42 Å². The number of hydrogen-bond donors (Lipinski definition) is 0. The zero-order valence-electron chi connectivity index (χ0n) is 9.41. The van der Waals surface area contributed by atoms with Crippen LogP contribution in [0.3, 0.4) is 0 Å². The van der Waals surface area contributed by atoms with Crippen LogP contribution in [0, 0.1) is 0 Å². The summed E-state index contributed by atoms with van der Waals surface area (Å²) in [6.45, 7) is 8.25. The molecular formula is C12H18N2. The minimum Gasteiger partial charge on any atom is -0.245 e. The minimum atomic E-state index is 0.986. The first-order chi connectivity index (χ1) is 6.77. The predicted molar refractivity (Wildman–Crippen MR) is 61.0 cm³/mol. The van der Waals surface area contributed by atoms with E-state index in [1.54, 1.807) is 0 Å². The number of aromatic nitrogens is 2. The molecule has 2 rings (SSSR count). The Bertz CT molecular complexity index is 356. The predicted octanol–water partition coefficient (Wildman–Crippen LogP) is 3.27. The van der Waals surface area contributed by atoms with Crippen molar-refractivity contribution in [2.75, 3.05) is 0 Å². The van der Waals surface area contributed by atoms with Crippen molar-refractivity contribution in [2.45, 2.75) is 34.1 Å². The molecule has 0 bridgehead atoms. The summed E-state index contributed by atoms with van der Waals surface area (Å²) in [5.41, 5.74) is 3.89. The number of hydrogen-bond acceptors (Lipinski definition) is 1. The van der Waals surface area contributed by atoms with Crippen molar-refractivity contribution in [3.63, 3.8) is 0 Å². The molecule has 0 saturated carbocycles. The van der Waals surface area contributed by atoms with Gasteiger partial charge in [-0.25, -0.2) is 4.68 Å². The molecule has 1 aliphatic rings. The molecule has 2 heterocycles. The molecule has 0 aromatic carbocycles. The Morgan fingerprint density at radius 3 is 2.64 bits per heavy atom. The summed E-state index contributed by atoms with van der Waals surface area (Å²) in [7, 11) is 0. The van der Waals surface area contributed by atoms with Crippen LogP contribution >= 0.6 is 0 Å². The van der Waals surface area contributed by atoms with Crippen LogP contribution in [0.15, 0.2) is 29.5 Å². The topological polar surface area (TPSA) is 17.8 Å². The number of allylic oxidation sites excluding steroid dienone is 3. The van der Waals surface area contributed by atoms with E-state index in [9.17, 15) is 0 Å². The van der Waals surface area contributed by atoms with Crippen molar-refractivity contribution >= 4 is 6.20 Å². The molecule has 2 nitrogen and oxygen atoms in total. The quantitative estimate of drug-likeness (QED) is 0.614. The lowest BCUT2D eigenvalue weighted by molar-refractivity contribution is 0.877. The summed E-state index contributed by atoms with van der Waals surface area (Å²) < 4.78 is 1.95. The minimum absolute atomic E-state index is 0.986. The first kappa shape index (κ1) is 10.8. The maximum atomic E-state index is 4.21. The number of rotatable bonds is 0. The van der Waals surface area contributed by atoms with E-state index in [-0.39, 0.29) is 0 Å². The molecule has 0 amide bonds. The van der Waals surface area contributed by atoms with Gasteiger partial charge in [0.15, 0.2) is 0 Å². The Morgan fingerprint density at radius 2 is 1.93 bits per heavy atom. The third-order valence-corrected chi connectivity index (χ3v) is 2.31. The van der Waals surface area contributed by atoms with Crippen LogP contribution in [0.4, 0.5) is 0 Å². The van der Waals surface area contributed by atoms with E-state index in [1.165, 1.54) is 16.8 Å². The lowest BCUT2D eigenvalue weighted by Gasteiger charge is -1.97. The van der Waals surface area contributed by atoms with Gasteiger partial charge in [0, 0.05) is 24.5 Å². The monoisotopic (exact) mass is 190 g/mol. The van der Waals surface area contributed by atoms with Crippen molar-refractivity contribution in [1.82, 2.24) is 9.78 Å². The Labute approximate surface area is 85.9 Å². The summed E-state index contributed by atoms with van der Waals surface area (Å²) in [5, 5.41) is 4.21. The first-order valence-corrected chi connectivity index (χ1v) is 5.15. The van der Waals surface area contributed by atoms with E-state index < -0.39 is 0 Å². The van der Waals surface area contributed by atoms with Gasteiger partial charge < -0.3 is 0 Å². The van der Waals surface area contributed by atoms with Gasteiger partial charge in [0.05, 0.1) is 0 Å². The summed E-state index contributed by atoms with van der Waals surface area (Å²) in [4.78, 5) is 0. The van der Waals surface area contributed by atoms with Crippen LogP contribution in [0.1, 0.15) is 33.4 Å². The van der Waals surface area contributed by atoms with Gasteiger partial charge in [-0.3, -0.25) is 0 Å². The lowest BCUT2D eigenvalue weighted by atomic mass is 10.1. The molecule has 0 unspecified atom stereocenters. The van der Waals surface area contributed by atoms with Crippen LogP contribution in [0.2, 0.25) is 0 Å². The average molecular weight is 190 g/mol. The third-order valence-electron chi connectivity index (χ3n) is 2.31. The second-order valence-electron chi connectivity index (χ2n) is 3.17. The van der Waals surface area contributed by atoms with Crippen molar-refractivity contribution in [3.8, 4) is 0 Å². The van der Waals surface area contributed by atoms with Crippen molar-refractivity contribution < 1.29 is 0 Å². The van der Waals surface area contributed by atoms with E-state index in [4.69, 9.17) is 0 Å². The van der Waals surface area contributed by atoms with Crippen molar-refractivity contribution in [2.24, 2.45) is 0 Å². The van der Waals surface area contributed by atoms with Gasteiger partial charge in [-0.2, -0.15) is 5.10 Å². The zero-order valence-corrected chi connectivity index (χ0v) is 9.41. The fraction of sp³-hybridized carbons (Fsp3) is 0.417. The number of nitrogens with zero attached hydrogens (tertiary/aromatic N) is 2. The van der Waals surface area contributed by atoms with Crippen molar-refractivity contribution in [1.29, 1.82) is 0 Å². The Morgan fingerprint density at radius 1 is 1.21 bits per heavy atom. The number of fused-ring (bicyclic) bond motifs is 1. The van der Waals surface area contributed by atoms with Gasteiger partial charge in [0.2, 0.25) is 0 Å². The highest BCUT2D eigenvalue weighted by Crippen LogP contribution is 2.16. The van der Waals surface area contributed by atoms with Gasteiger partial charge in [-0.1, -0.05) is 25.5 Å². The Balaban J connectivity index is 0.000000461. The molecule has 1 aliphatic heterocycles. The summed E-state index contributed by atoms with van der Waals surface area (Å²) in [6, 6.07) is 2.05. The Hall–Kier alpha value is -1.31. The second-order valence-corrected chi connectivity index (χ2v) is 3.17. The highest BCUT2D eigenvalue weighted by atomic mass is 15.3. The highest BCUT2D eigenvalue weighted by Gasteiger charge is 2.04. The molecule has 0 atom stereocenters. The van der Waals surface area contributed by atoms with Gasteiger partial charge in [-0.05, 0) is 25.5 Å². The second kappa shape index (κ2) is 4.80. The molecule has 0 N–H and O–H groups in total. The molecule has 1 aromatic heterocycles. The smallest absolute Gasteiger partial charge is 0.0496 e.